The first-order chi connectivity index (χ1) is 10.7. The van der Waals surface area contributed by atoms with Crippen molar-refractivity contribution in [3.8, 4) is 0 Å². The summed E-state index contributed by atoms with van der Waals surface area (Å²) in [5, 5.41) is 0. The van der Waals surface area contributed by atoms with Gasteiger partial charge in [0.25, 0.3) is 0 Å². The van der Waals surface area contributed by atoms with Gasteiger partial charge < -0.3 is 4.74 Å². The Hall–Kier alpha value is -2.50. The lowest BCUT2D eigenvalue weighted by molar-refractivity contribution is 0.0597. The van der Waals surface area contributed by atoms with E-state index in [-0.39, 0.29) is 11.5 Å². The fourth-order valence-electron chi connectivity index (χ4n) is 1.92. The smallest absolute Gasteiger partial charge is 0.420 e. The number of hydrogen-bond acceptors (Lipinski definition) is 3. The Morgan fingerprint density at radius 1 is 1.17 bits per heavy atom. The maximum atomic E-state index is 14.2. The summed E-state index contributed by atoms with van der Waals surface area (Å²) in [7, 11) is 0. The molecule has 0 saturated heterocycles. The molecule has 122 valence electrons. The monoisotopic (exact) mass is 320 g/mol. The van der Waals surface area contributed by atoms with Gasteiger partial charge in [0.1, 0.15) is 23.1 Å². The van der Waals surface area contributed by atoms with Crippen LogP contribution in [0.2, 0.25) is 0 Å². The molecule has 1 amide bonds. The zero-order valence-corrected chi connectivity index (χ0v) is 13.4. The van der Waals surface area contributed by atoms with Gasteiger partial charge in [0.15, 0.2) is 0 Å². The van der Waals surface area contributed by atoms with Gasteiger partial charge in [-0.25, -0.2) is 23.5 Å². The van der Waals surface area contributed by atoms with E-state index in [1.807, 2.05) is 0 Å². The second-order valence-corrected chi connectivity index (χ2v) is 6.10. The molecule has 0 radical (unpaired) electrons. The largest absolute Gasteiger partial charge is 0.443 e. The molecule has 23 heavy (non-hydrogen) atoms. The summed E-state index contributed by atoms with van der Waals surface area (Å²) in [6.07, 6.45) is 0.652. The maximum absolute atomic E-state index is 14.2. The van der Waals surface area contributed by atoms with E-state index in [1.165, 1.54) is 6.20 Å². The predicted octanol–water partition coefficient (Wildman–Crippen LogP) is 4.74. The Labute approximate surface area is 133 Å². The van der Waals surface area contributed by atoms with Crippen LogP contribution in [0.1, 0.15) is 26.3 Å². The Morgan fingerprint density at radius 2 is 1.87 bits per heavy atom. The number of anilines is 2. The molecule has 0 aliphatic carbocycles. The van der Waals surface area contributed by atoms with Crippen molar-refractivity contribution in [2.75, 3.05) is 4.90 Å². The molecule has 1 heterocycles. The van der Waals surface area contributed by atoms with Gasteiger partial charge in [-0.05, 0) is 57.5 Å². The van der Waals surface area contributed by atoms with E-state index in [0.29, 0.717) is 0 Å². The van der Waals surface area contributed by atoms with Crippen molar-refractivity contribution >= 4 is 17.6 Å². The number of aromatic nitrogens is 1. The summed E-state index contributed by atoms with van der Waals surface area (Å²) >= 11 is 0. The number of benzene rings is 1. The lowest BCUT2D eigenvalue weighted by Gasteiger charge is -2.27. The highest BCUT2D eigenvalue weighted by Gasteiger charge is 2.28. The van der Waals surface area contributed by atoms with E-state index in [1.54, 1.807) is 39.8 Å². The van der Waals surface area contributed by atoms with Gasteiger partial charge in [-0.15, -0.1) is 0 Å². The summed E-state index contributed by atoms with van der Waals surface area (Å²) in [5.74, 6) is -1.26. The van der Waals surface area contributed by atoms with Gasteiger partial charge in [0.05, 0.1) is 5.69 Å². The molecular formula is C17H18F2N2O2. The zero-order chi connectivity index (χ0) is 17.2. The molecule has 0 N–H and O–H groups in total. The van der Waals surface area contributed by atoms with Crippen LogP contribution in [0.25, 0.3) is 0 Å². The molecule has 2 aromatic rings. The van der Waals surface area contributed by atoms with E-state index in [9.17, 15) is 13.6 Å². The zero-order valence-electron chi connectivity index (χ0n) is 13.4. The Kier molecular flexibility index (Phi) is 4.63. The average molecular weight is 320 g/mol. The number of carbonyl (C=O) groups is 1. The molecule has 2 rings (SSSR count). The lowest BCUT2D eigenvalue weighted by atomic mass is 10.2. The third kappa shape index (κ3) is 4.25. The summed E-state index contributed by atoms with van der Waals surface area (Å²) in [4.78, 5) is 17.5. The lowest BCUT2D eigenvalue weighted by Crippen LogP contribution is -2.34. The Morgan fingerprint density at radius 3 is 2.48 bits per heavy atom. The molecule has 4 nitrogen and oxygen atoms in total. The number of nitrogens with zero attached hydrogens (tertiary/aromatic N) is 2. The van der Waals surface area contributed by atoms with Gasteiger partial charge in [0, 0.05) is 12.3 Å². The Balaban J connectivity index is 2.55. The SMILES string of the molecule is Cc1ccnc(N(C(=O)OC(C)(C)C)c2cc(F)ccc2F)c1. The van der Waals surface area contributed by atoms with Crippen molar-refractivity contribution in [2.45, 2.75) is 33.3 Å². The Bertz CT molecular complexity index is 727. The third-order valence-electron chi connectivity index (χ3n) is 2.86. The van der Waals surface area contributed by atoms with Crippen LogP contribution in [0.4, 0.5) is 25.1 Å². The van der Waals surface area contributed by atoms with Crippen LogP contribution in [0.5, 0.6) is 0 Å². The summed E-state index contributed by atoms with van der Waals surface area (Å²) in [6, 6.07) is 6.20. The van der Waals surface area contributed by atoms with Crippen LogP contribution in [0.3, 0.4) is 0 Å². The highest BCUT2D eigenvalue weighted by atomic mass is 19.1. The molecule has 6 heteroatoms. The first-order valence-electron chi connectivity index (χ1n) is 7.08. The number of carbonyl (C=O) groups excluding carboxylic acids is 1. The maximum Gasteiger partial charge on any atom is 0.420 e. The summed E-state index contributed by atoms with van der Waals surface area (Å²) in [5.41, 5.74) is -0.221. The molecule has 0 aliphatic heterocycles. The molecule has 0 fully saturated rings. The fourth-order valence-corrected chi connectivity index (χ4v) is 1.92. The molecule has 0 bridgehead atoms. The molecule has 0 saturated carbocycles. The number of ether oxygens (including phenoxy) is 1. The number of halogens is 2. The molecule has 0 atom stereocenters. The first kappa shape index (κ1) is 16.9. The normalized spacial score (nSPS) is 11.2. The van der Waals surface area contributed by atoms with Crippen molar-refractivity contribution in [3.63, 3.8) is 0 Å². The van der Waals surface area contributed by atoms with Gasteiger partial charge in [-0.2, -0.15) is 0 Å². The minimum Gasteiger partial charge on any atom is -0.443 e. The van der Waals surface area contributed by atoms with Crippen molar-refractivity contribution in [2.24, 2.45) is 0 Å². The summed E-state index contributed by atoms with van der Waals surface area (Å²) < 4.78 is 33.0. The fraction of sp³-hybridized carbons (Fsp3) is 0.294. The molecule has 0 spiro atoms. The third-order valence-corrected chi connectivity index (χ3v) is 2.86. The van der Waals surface area contributed by atoms with E-state index in [4.69, 9.17) is 4.74 Å². The number of rotatable bonds is 2. The van der Waals surface area contributed by atoms with Crippen LogP contribution in [0.15, 0.2) is 36.5 Å². The van der Waals surface area contributed by atoms with Gasteiger partial charge >= 0.3 is 6.09 Å². The minimum atomic E-state index is -0.833. The van der Waals surface area contributed by atoms with Gasteiger partial charge in [-0.1, -0.05) is 0 Å². The molecule has 1 aromatic heterocycles. The average Bonchev–Trinajstić information content (AvgIpc) is 2.41. The van der Waals surface area contributed by atoms with Crippen LogP contribution >= 0.6 is 0 Å². The summed E-state index contributed by atoms with van der Waals surface area (Å²) in [6.45, 7) is 6.87. The number of pyridine rings is 1. The first-order valence-corrected chi connectivity index (χ1v) is 7.08. The molecule has 0 aliphatic rings. The van der Waals surface area contributed by atoms with E-state index >= 15 is 0 Å². The van der Waals surface area contributed by atoms with E-state index in [0.717, 1.165) is 28.7 Å². The highest BCUT2D eigenvalue weighted by Crippen LogP contribution is 2.29. The van der Waals surface area contributed by atoms with Crippen molar-refractivity contribution in [1.29, 1.82) is 0 Å². The molecular weight excluding hydrogens is 302 g/mol. The van der Waals surface area contributed by atoms with Crippen LogP contribution in [-0.4, -0.2) is 16.7 Å². The second-order valence-electron chi connectivity index (χ2n) is 6.10. The standard InChI is InChI=1S/C17H18F2N2O2/c1-11-7-8-20-15(9-11)21(16(22)23-17(2,3)4)14-10-12(18)5-6-13(14)19/h5-10H,1-4H3. The van der Waals surface area contributed by atoms with Gasteiger partial charge in [0.2, 0.25) is 0 Å². The number of amides is 1. The molecule has 1 aromatic carbocycles. The number of hydrogen-bond donors (Lipinski definition) is 0. The minimum absolute atomic E-state index is 0.156. The van der Waals surface area contributed by atoms with Crippen molar-refractivity contribution < 1.29 is 18.3 Å². The topological polar surface area (TPSA) is 42.4 Å². The van der Waals surface area contributed by atoms with Gasteiger partial charge in [-0.3, -0.25) is 0 Å². The number of aryl methyl sites for hydroxylation is 1. The van der Waals surface area contributed by atoms with Crippen LogP contribution < -0.4 is 4.90 Å². The van der Waals surface area contributed by atoms with E-state index < -0.39 is 23.3 Å². The van der Waals surface area contributed by atoms with Crippen molar-refractivity contribution in [1.82, 2.24) is 4.98 Å². The van der Waals surface area contributed by atoms with Crippen LogP contribution in [-0.2, 0) is 4.74 Å². The predicted molar refractivity (Wildman–Crippen MR) is 83.7 cm³/mol. The molecule has 0 unspecified atom stereocenters. The van der Waals surface area contributed by atoms with E-state index in [2.05, 4.69) is 4.98 Å². The quantitative estimate of drug-likeness (QED) is 0.802. The van der Waals surface area contributed by atoms with Crippen LogP contribution in [0, 0.1) is 18.6 Å². The van der Waals surface area contributed by atoms with Crippen molar-refractivity contribution in [3.05, 3.63) is 53.7 Å². The second kappa shape index (κ2) is 6.32. The highest BCUT2D eigenvalue weighted by molar-refractivity contribution is 5.95.